The van der Waals surface area contributed by atoms with Crippen molar-refractivity contribution < 1.29 is 9.90 Å². The number of nitrogens with zero attached hydrogens (tertiary/aromatic N) is 1. The van der Waals surface area contributed by atoms with E-state index in [1.165, 1.54) is 11.3 Å². The molecule has 4 aromatic rings. The van der Waals surface area contributed by atoms with Crippen LogP contribution in [0, 0.1) is 0 Å². The number of rotatable bonds is 6. The lowest BCUT2D eigenvalue weighted by molar-refractivity contribution is 0.103. The Hall–Kier alpha value is -3.39. The van der Waals surface area contributed by atoms with E-state index in [9.17, 15) is 9.90 Å². The molecule has 0 aliphatic heterocycles. The minimum Gasteiger partial charge on any atom is -0.369 e. The molecule has 0 radical (unpaired) electrons. The number of aliphatic hydroxyl groups is 1. The summed E-state index contributed by atoms with van der Waals surface area (Å²) in [5, 5.41) is 18.4. The highest BCUT2D eigenvalue weighted by Crippen LogP contribution is 2.26. The van der Waals surface area contributed by atoms with E-state index in [0.717, 1.165) is 39.4 Å². The zero-order valence-corrected chi connectivity index (χ0v) is 19.0. The number of aliphatic hydroxyl groups excluding tert-OH is 1. The molecule has 2 aromatic carbocycles. The van der Waals surface area contributed by atoms with Gasteiger partial charge in [0.15, 0.2) is 6.23 Å². The van der Waals surface area contributed by atoms with Crippen LogP contribution < -0.4 is 10.6 Å². The molecule has 2 heterocycles. The monoisotopic (exact) mass is 476 g/mol. The lowest BCUT2D eigenvalue weighted by Crippen LogP contribution is -2.21. The normalized spacial score (nSPS) is 16.4. The molecule has 2 unspecified atom stereocenters. The molecule has 6 nitrogen and oxygen atoms in total. The first kappa shape index (κ1) is 21.5. The molecule has 5 rings (SSSR count). The SMILES string of the molecule is O=C(Nc1ccc(-c2nc3ccc(NC(O)C4=CCC(Cl)C=C4)cc3[nH]2)cc1)c1cccs1. The number of allylic oxidation sites excluding steroid dienone is 2. The van der Waals surface area contributed by atoms with E-state index in [1.807, 2.05) is 72.1 Å². The zero-order chi connectivity index (χ0) is 22.8. The number of thiophene rings is 1. The van der Waals surface area contributed by atoms with Gasteiger partial charge in [0.25, 0.3) is 5.91 Å². The average molecular weight is 477 g/mol. The first-order chi connectivity index (χ1) is 16.0. The van der Waals surface area contributed by atoms with Gasteiger partial charge in [0.05, 0.1) is 21.3 Å². The number of H-pyrrole nitrogens is 1. The van der Waals surface area contributed by atoms with E-state index in [4.69, 9.17) is 11.6 Å². The van der Waals surface area contributed by atoms with Crippen molar-refractivity contribution in [3.8, 4) is 11.4 Å². The number of alkyl halides is 1. The molecule has 2 aromatic heterocycles. The van der Waals surface area contributed by atoms with E-state index >= 15 is 0 Å². The number of anilines is 2. The molecule has 0 fully saturated rings. The van der Waals surface area contributed by atoms with E-state index < -0.39 is 6.23 Å². The standard InChI is InChI=1S/C25H21ClN4O2S/c26-17-7-3-16(4-8-17)24(31)28-19-11-12-20-21(14-19)30-23(29-20)15-5-9-18(10-6-15)27-25(32)22-2-1-13-33-22/h1-7,9-14,17,24,28,31H,8H2,(H,27,32)(H,29,30). The van der Waals surface area contributed by atoms with Crippen LogP contribution >= 0.6 is 22.9 Å². The molecule has 8 heteroatoms. The molecule has 0 saturated heterocycles. The predicted molar refractivity (Wildman–Crippen MR) is 135 cm³/mol. The molecule has 0 spiro atoms. The van der Waals surface area contributed by atoms with Crippen LogP contribution in [0.15, 0.2) is 83.8 Å². The Morgan fingerprint density at radius 2 is 2.00 bits per heavy atom. The summed E-state index contributed by atoms with van der Waals surface area (Å²) < 4.78 is 0. The first-order valence-corrected chi connectivity index (χ1v) is 11.8. The molecule has 33 heavy (non-hydrogen) atoms. The number of fused-ring (bicyclic) bond motifs is 1. The van der Waals surface area contributed by atoms with Crippen molar-refractivity contribution in [1.82, 2.24) is 9.97 Å². The molecule has 2 atom stereocenters. The molecule has 1 amide bonds. The maximum atomic E-state index is 12.2. The van der Waals surface area contributed by atoms with Gasteiger partial charge in [-0.2, -0.15) is 0 Å². The van der Waals surface area contributed by atoms with Gasteiger partial charge in [0, 0.05) is 16.9 Å². The van der Waals surface area contributed by atoms with Crippen molar-refractivity contribution in [3.63, 3.8) is 0 Å². The summed E-state index contributed by atoms with van der Waals surface area (Å²) in [7, 11) is 0. The van der Waals surface area contributed by atoms with Gasteiger partial charge < -0.3 is 20.7 Å². The molecule has 0 bridgehead atoms. The van der Waals surface area contributed by atoms with Gasteiger partial charge in [-0.1, -0.05) is 24.3 Å². The third-order valence-electron chi connectivity index (χ3n) is 5.34. The summed E-state index contributed by atoms with van der Waals surface area (Å²) >= 11 is 7.46. The molecule has 1 aliphatic rings. The van der Waals surface area contributed by atoms with Crippen LogP contribution in [-0.2, 0) is 0 Å². The topological polar surface area (TPSA) is 90.0 Å². The van der Waals surface area contributed by atoms with E-state index in [2.05, 4.69) is 20.6 Å². The third kappa shape index (κ3) is 4.85. The first-order valence-electron chi connectivity index (χ1n) is 10.5. The lowest BCUT2D eigenvalue weighted by Gasteiger charge is -2.18. The number of halogens is 1. The number of nitrogens with one attached hydrogen (secondary N) is 3. The quantitative estimate of drug-likeness (QED) is 0.210. The summed E-state index contributed by atoms with van der Waals surface area (Å²) in [6.45, 7) is 0. The molecular weight excluding hydrogens is 456 g/mol. The molecular formula is C25H21ClN4O2S. The minimum absolute atomic E-state index is 0.0213. The maximum absolute atomic E-state index is 12.2. The Bertz CT molecular complexity index is 1340. The highest BCUT2D eigenvalue weighted by Gasteiger charge is 2.14. The zero-order valence-electron chi connectivity index (χ0n) is 17.5. The number of amides is 1. The van der Waals surface area contributed by atoms with Crippen LogP contribution in [-0.4, -0.2) is 32.6 Å². The van der Waals surface area contributed by atoms with Crippen molar-refractivity contribution in [1.29, 1.82) is 0 Å². The highest BCUT2D eigenvalue weighted by molar-refractivity contribution is 7.12. The van der Waals surface area contributed by atoms with Crippen LogP contribution in [0.2, 0.25) is 0 Å². The van der Waals surface area contributed by atoms with Crippen molar-refractivity contribution in [2.24, 2.45) is 0 Å². The summed E-state index contributed by atoms with van der Waals surface area (Å²) in [5.41, 5.74) is 4.87. The van der Waals surface area contributed by atoms with E-state index in [0.29, 0.717) is 11.3 Å². The Morgan fingerprint density at radius 1 is 1.18 bits per heavy atom. The summed E-state index contributed by atoms with van der Waals surface area (Å²) in [6.07, 6.45) is 5.55. The minimum atomic E-state index is -0.817. The van der Waals surface area contributed by atoms with Gasteiger partial charge in [0.1, 0.15) is 5.82 Å². The number of benzene rings is 2. The second kappa shape index (κ2) is 9.23. The highest BCUT2D eigenvalue weighted by atomic mass is 35.5. The molecule has 4 N–H and O–H groups in total. The van der Waals surface area contributed by atoms with Crippen LogP contribution in [0.25, 0.3) is 22.4 Å². The predicted octanol–water partition coefficient (Wildman–Crippen LogP) is 5.77. The number of aromatic nitrogens is 2. The second-order valence-corrected chi connectivity index (χ2v) is 9.20. The number of hydrogen-bond donors (Lipinski definition) is 4. The lowest BCUT2D eigenvalue weighted by atomic mass is 10.1. The third-order valence-corrected chi connectivity index (χ3v) is 6.53. The van der Waals surface area contributed by atoms with Crippen molar-refractivity contribution in [3.05, 3.63) is 88.7 Å². The summed E-state index contributed by atoms with van der Waals surface area (Å²) in [4.78, 5) is 20.9. The fourth-order valence-electron chi connectivity index (χ4n) is 3.60. The Labute approximate surface area is 199 Å². The Kier molecular flexibility index (Phi) is 6.00. The second-order valence-electron chi connectivity index (χ2n) is 7.69. The van der Waals surface area contributed by atoms with Crippen LogP contribution in [0.5, 0.6) is 0 Å². The summed E-state index contributed by atoms with van der Waals surface area (Å²) in [6, 6.07) is 16.9. The largest absolute Gasteiger partial charge is 0.369 e. The van der Waals surface area contributed by atoms with Gasteiger partial charge in [-0.3, -0.25) is 4.79 Å². The van der Waals surface area contributed by atoms with Crippen molar-refractivity contribution in [2.75, 3.05) is 10.6 Å². The van der Waals surface area contributed by atoms with Crippen molar-refractivity contribution in [2.45, 2.75) is 18.0 Å². The molecule has 1 aliphatic carbocycles. The summed E-state index contributed by atoms with van der Waals surface area (Å²) in [5.74, 6) is 0.607. The van der Waals surface area contributed by atoms with Gasteiger partial charge >= 0.3 is 0 Å². The van der Waals surface area contributed by atoms with Crippen LogP contribution in [0.4, 0.5) is 11.4 Å². The van der Waals surface area contributed by atoms with Gasteiger partial charge in [0.2, 0.25) is 0 Å². The number of hydrogen-bond acceptors (Lipinski definition) is 5. The van der Waals surface area contributed by atoms with Crippen molar-refractivity contribution >= 4 is 51.3 Å². The maximum Gasteiger partial charge on any atom is 0.265 e. The number of carbonyl (C=O) groups excluding carboxylic acids is 1. The molecule has 166 valence electrons. The fraction of sp³-hybridized carbons (Fsp3) is 0.120. The van der Waals surface area contributed by atoms with Gasteiger partial charge in [-0.15, -0.1) is 22.9 Å². The van der Waals surface area contributed by atoms with Gasteiger partial charge in [-0.25, -0.2) is 4.98 Å². The van der Waals surface area contributed by atoms with Gasteiger partial charge in [-0.05, 0) is 65.9 Å². The molecule has 0 saturated carbocycles. The smallest absolute Gasteiger partial charge is 0.265 e. The van der Waals surface area contributed by atoms with E-state index in [-0.39, 0.29) is 11.3 Å². The average Bonchev–Trinajstić information content (AvgIpc) is 3.50. The van der Waals surface area contributed by atoms with E-state index in [1.54, 1.807) is 6.07 Å². The van der Waals surface area contributed by atoms with Crippen LogP contribution in [0.1, 0.15) is 16.1 Å². The number of carbonyl (C=O) groups is 1. The van der Waals surface area contributed by atoms with Crippen LogP contribution in [0.3, 0.4) is 0 Å². The number of imidazole rings is 1. The Balaban J connectivity index is 1.29. The Morgan fingerprint density at radius 3 is 2.73 bits per heavy atom. The number of aromatic amines is 1. The fourth-order valence-corrected chi connectivity index (χ4v) is 4.38.